The lowest BCUT2D eigenvalue weighted by atomic mass is 9.86. The van der Waals surface area contributed by atoms with Crippen molar-refractivity contribution in [2.24, 2.45) is 5.92 Å². The predicted octanol–water partition coefficient (Wildman–Crippen LogP) is 3.55. The minimum Gasteiger partial charge on any atom is -0.378 e. The molecule has 0 aromatic rings. The summed E-state index contributed by atoms with van der Waals surface area (Å²) in [6.45, 7) is 7.15. The molecule has 1 aliphatic rings. The van der Waals surface area contributed by atoms with E-state index in [1.54, 1.807) is 0 Å². The summed E-state index contributed by atoms with van der Waals surface area (Å²) in [6, 6.07) is 0. The van der Waals surface area contributed by atoms with Crippen molar-refractivity contribution in [3.63, 3.8) is 0 Å². The zero-order valence-electron chi connectivity index (χ0n) is 10.2. The Bertz CT molecular complexity index is 267. The Balaban J connectivity index is 2.38. The van der Waals surface area contributed by atoms with E-state index in [-0.39, 0.29) is 0 Å². The van der Waals surface area contributed by atoms with Crippen LogP contribution in [0.1, 0.15) is 46.5 Å². The van der Waals surface area contributed by atoms with Crippen LogP contribution in [0.15, 0.2) is 11.6 Å². The third-order valence-corrected chi connectivity index (χ3v) is 2.99. The van der Waals surface area contributed by atoms with Crippen LogP contribution in [-0.4, -0.2) is 12.7 Å². The molecule has 0 fully saturated rings. The molecule has 0 heterocycles. The molecule has 0 amide bonds. The Morgan fingerprint density at radius 3 is 2.93 bits per heavy atom. The number of hydrogen-bond acceptors (Lipinski definition) is 1. The molecule has 1 rings (SSSR count). The summed E-state index contributed by atoms with van der Waals surface area (Å²) in [7, 11) is 0. The SMILES string of the molecule is CC#CC1=CCC(C(C)OCCC)CC1. The molecule has 0 spiro atoms. The van der Waals surface area contributed by atoms with Crippen molar-refractivity contribution >= 4 is 0 Å². The van der Waals surface area contributed by atoms with Crippen molar-refractivity contribution in [2.45, 2.75) is 52.6 Å². The quantitative estimate of drug-likeness (QED) is 0.639. The maximum atomic E-state index is 5.76. The normalized spacial score (nSPS) is 22.6. The number of allylic oxidation sites excluding steroid dienone is 2. The summed E-state index contributed by atoms with van der Waals surface area (Å²) in [4.78, 5) is 0. The third kappa shape index (κ3) is 4.10. The lowest BCUT2D eigenvalue weighted by molar-refractivity contribution is 0.0221. The predicted molar refractivity (Wildman–Crippen MR) is 64.6 cm³/mol. The van der Waals surface area contributed by atoms with E-state index in [4.69, 9.17) is 4.74 Å². The second-order valence-electron chi connectivity index (χ2n) is 4.21. The van der Waals surface area contributed by atoms with Crippen LogP contribution in [0.4, 0.5) is 0 Å². The summed E-state index contributed by atoms with van der Waals surface area (Å²) in [5, 5.41) is 0. The van der Waals surface area contributed by atoms with Crippen LogP contribution in [0.3, 0.4) is 0 Å². The average molecular weight is 206 g/mol. The zero-order chi connectivity index (χ0) is 11.1. The Kier molecular flexibility index (Phi) is 5.50. The van der Waals surface area contributed by atoms with Crippen molar-refractivity contribution in [1.82, 2.24) is 0 Å². The summed E-state index contributed by atoms with van der Waals surface area (Å²) in [5.74, 6) is 6.82. The van der Waals surface area contributed by atoms with E-state index < -0.39 is 0 Å². The minimum atomic E-state index is 0.400. The van der Waals surface area contributed by atoms with E-state index in [2.05, 4.69) is 31.8 Å². The molecule has 2 atom stereocenters. The Morgan fingerprint density at radius 2 is 2.40 bits per heavy atom. The van der Waals surface area contributed by atoms with Crippen molar-refractivity contribution < 1.29 is 4.74 Å². The zero-order valence-corrected chi connectivity index (χ0v) is 10.2. The van der Waals surface area contributed by atoms with Gasteiger partial charge in [-0.3, -0.25) is 0 Å². The van der Waals surface area contributed by atoms with Gasteiger partial charge in [0.15, 0.2) is 0 Å². The highest BCUT2D eigenvalue weighted by Crippen LogP contribution is 2.27. The second kappa shape index (κ2) is 6.69. The van der Waals surface area contributed by atoms with Gasteiger partial charge in [-0.25, -0.2) is 0 Å². The molecule has 84 valence electrons. The van der Waals surface area contributed by atoms with Crippen molar-refractivity contribution in [3.8, 4) is 11.8 Å². The highest BCUT2D eigenvalue weighted by atomic mass is 16.5. The van der Waals surface area contributed by atoms with Crippen LogP contribution < -0.4 is 0 Å². The van der Waals surface area contributed by atoms with Crippen LogP contribution in [-0.2, 0) is 4.74 Å². The fourth-order valence-electron chi connectivity index (χ4n) is 1.99. The fourth-order valence-corrected chi connectivity index (χ4v) is 1.99. The van der Waals surface area contributed by atoms with Crippen LogP contribution in [0.5, 0.6) is 0 Å². The Hall–Kier alpha value is -0.740. The molecule has 0 bridgehead atoms. The highest BCUT2D eigenvalue weighted by Gasteiger charge is 2.20. The molecule has 1 heteroatoms. The molecule has 0 radical (unpaired) electrons. The standard InChI is InChI=1S/C14H22O/c1-4-6-13-7-9-14(10-8-13)12(3)15-11-5-2/h7,12,14H,5,8-11H2,1-3H3. The first kappa shape index (κ1) is 12.3. The molecule has 0 saturated heterocycles. The van der Waals surface area contributed by atoms with E-state index in [0.717, 1.165) is 25.9 Å². The molecule has 0 saturated carbocycles. The van der Waals surface area contributed by atoms with Crippen LogP contribution in [0.25, 0.3) is 0 Å². The average Bonchev–Trinajstić information content (AvgIpc) is 2.27. The molecule has 0 aromatic heterocycles. The van der Waals surface area contributed by atoms with Crippen LogP contribution >= 0.6 is 0 Å². The summed E-state index contributed by atoms with van der Waals surface area (Å²) >= 11 is 0. The van der Waals surface area contributed by atoms with Gasteiger partial charge in [0.25, 0.3) is 0 Å². The molecular formula is C14H22O. The monoisotopic (exact) mass is 206 g/mol. The maximum absolute atomic E-state index is 5.76. The summed E-state index contributed by atoms with van der Waals surface area (Å²) < 4.78 is 5.76. The second-order valence-corrected chi connectivity index (χ2v) is 4.21. The van der Waals surface area contributed by atoms with Crippen molar-refractivity contribution in [2.75, 3.05) is 6.61 Å². The molecule has 0 N–H and O–H groups in total. The summed E-state index contributed by atoms with van der Waals surface area (Å²) in [6.07, 6.45) is 7.29. The van der Waals surface area contributed by atoms with Gasteiger partial charge in [-0.2, -0.15) is 0 Å². The van der Waals surface area contributed by atoms with Crippen molar-refractivity contribution in [3.05, 3.63) is 11.6 Å². The maximum Gasteiger partial charge on any atom is 0.0578 e. The van der Waals surface area contributed by atoms with Gasteiger partial charge >= 0.3 is 0 Å². The van der Waals surface area contributed by atoms with Gasteiger partial charge in [0.05, 0.1) is 6.10 Å². The van der Waals surface area contributed by atoms with Gasteiger partial charge in [0.2, 0.25) is 0 Å². The van der Waals surface area contributed by atoms with E-state index >= 15 is 0 Å². The van der Waals surface area contributed by atoms with Crippen LogP contribution in [0, 0.1) is 17.8 Å². The van der Waals surface area contributed by atoms with Gasteiger partial charge in [-0.1, -0.05) is 18.9 Å². The topological polar surface area (TPSA) is 9.23 Å². The molecule has 15 heavy (non-hydrogen) atoms. The molecule has 1 aliphatic carbocycles. The first-order valence-corrected chi connectivity index (χ1v) is 6.01. The van der Waals surface area contributed by atoms with E-state index in [1.165, 1.54) is 12.0 Å². The number of rotatable bonds is 4. The molecule has 1 nitrogen and oxygen atoms in total. The van der Waals surface area contributed by atoms with Crippen LogP contribution in [0.2, 0.25) is 0 Å². The molecule has 2 unspecified atom stereocenters. The fraction of sp³-hybridized carbons (Fsp3) is 0.714. The minimum absolute atomic E-state index is 0.400. The van der Waals surface area contributed by atoms with E-state index in [0.29, 0.717) is 12.0 Å². The first-order chi connectivity index (χ1) is 7.27. The van der Waals surface area contributed by atoms with Crippen molar-refractivity contribution in [1.29, 1.82) is 0 Å². The highest BCUT2D eigenvalue weighted by molar-refractivity contribution is 5.29. The van der Waals surface area contributed by atoms with Gasteiger partial charge < -0.3 is 4.74 Å². The number of hydrogen-bond donors (Lipinski definition) is 0. The van der Waals surface area contributed by atoms with Gasteiger partial charge in [0.1, 0.15) is 0 Å². The molecule has 0 aromatic carbocycles. The van der Waals surface area contributed by atoms with Gasteiger partial charge in [-0.05, 0) is 51.0 Å². The third-order valence-electron chi connectivity index (χ3n) is 2.99. The lowest BCUT2D eigenvalue weighted by Gasteiger charge is -2.26. The smallest absolute Gasteiger partial charge is 0.0578 e. The van der Waals surface area contributed by atoms with Gasteiger partial charge in [-0.15, -0.1) is 5.92 Å². The van der Waals surface area contributed by atoms with E-state index in [1.807, 2.05) is 6.92 Å². The Labute approximate surface area is 93.9 Å². The first-order valence-electron chi connectivity index (χ1n) is 6.01. The number of ether oxygens (including phenoxy) is 1. The lowest BCUT2D eigenvalue weighted by Crippen LogP contribution is -2.22. The van der Waals surface area contributed by atoms with Gasteiger partial charge in [0, 0.05) is 6.61 Å². The molecular weight excluding hydrogens is 184 g/mol. The molecule has 0 aliphatic heterocycles. The summed E-state index contributed by atoms with van der Waals surface area (Å²) in [5.41, 5.74) is 1.32. The largest absolute Gasteiger partial charge is 0.378 e. The van der Waals surface area contributed by atoms with E-state index in [9.17, 15) is 0 Å². The Morgan fingerprint density at radius 1 is 1.60 bits per heavy atom.